The van der Waals surface area contributed by atoms with E-state index < -0.39 is 0 Å². The number of esters is 1. The van der Waals surface area contributed by atoms with Gasteiger partial charge in [-0.1, -0.05) is 13.8 Å². The first-order valence-corrected chi connectivity index (χ1v) is 7.01. The van der Waals surface area contributed by atoms with Crippen molar-refractivity contribution in [3.05, 3.63) is 16.1 Å². The third-order valence-corrected chi connectivity index (χ3v) is 4.28. The Labute approximate surface area is 106 Å². The first kappa shape index (κ1) is 12.6. The predicted octanol–water partition coefficient (Wildman–Crippen LogP) is 3.15. The second kappa shape index (κ2) is 4.77. The van der Waals surface area contributed by atoms with Gasteiger partial charge in [0, 0.05) is 17.7 Å². The molecule has 0 aliphatic heterocycles. The first-order valence-electron chi connectivity index (χ1n) is 6.13. The smallest absolute Gasteiger partial charge is 0.306 e. The van der Waals surface area contributed by atoms with Gasteiger partial charge < -0.3 is 4.74 Å². The number of carbonyl (C=O) groups is 1. The molecule has 3 nitrogen and oxygen atoms in total. The highest BCUT2D eigenvalue weighted by Gasteiger charge is 2.48. The number of carbonyl (C=O) groups excluding carboxylic acids is 1. The number of nitrogens with zero attached hydrogens (tertiary/aromatic N) is 1. The summed E-state index contributed by atoms with van der Waals surface area (Å²) in [4.78, 5) is 15.8. The molecule has 0 saturated heterocycles. The zero-order valence-corrected chi connectivity index (χ0v) is 11.5. The minimum atomic E-state index is -0.131. The second-order valence-electron chi connectivity index (χ2n) is 5.23. The van der Waals surface area contributed by atoms with Crippen molar-refractivity contribution in [3.8, 4) is 0 Å². The van der Waals surface area contributed by atoms with Crippen LogP contribution < -0.4 is 0 Å². The van der Waals surface area contributed by atoms with Crippen LogP contribution in [0.3, 0.4) is 0 Å². The van der Waals surface area contributed by atoms with E-state index in [1.165, 1.54) is 11.4 Å². The highest BCUT2D eigenvalue weighted by atomic mass is 32.1. The number of hydrogen-bond acceptors (Lipinski definition) is 4. The van der Waals surface area contributed by atoms with Gasteiger partial charge in [0.05, 0.1) is 23.7 Å². The van der Waals surface area contributed by atoms with Crippen LogP contribution in [0.5, 0.6) is 0 Å². The van der Waals surface area contributed by atoms with E-state index in [1.807, 2.05) is 6.92 Å². The van der Waals surface area contributed by atoms with Crippen LogP contribution in [-0.4, -0.2) is 17.6 Å². The molecule has 1 aliphatic carbocycles. The van der Waals surface area contributed by atoms with Crippen LogP contribution in [0.15, 0.2) is 5.38 Å². The Balaban J connectivity index is 1.85. The molecule has 1 aromatic heterocycles. The molecule has 0 aromatic carbocycles. The lowest BCUT2D eigenvalue weighted by Gasteiger charge is -2.00. The number of thiazole rings is 1. The number of ether oxygens (including phenoxy) is 1. The van der Waals surface area contributed by atoms with E-state index in [4.69, 9.17) is 4.74 Å². The summed E-state index contributed by atoms with van der Waals surface area (Å²) in [5.41, 5.74) is 1.46. The van der Waals surface area contributed by atoms with Crippen molar-refractivity contribution < 1.29 is 9.53 Å². The topological polar surface area (TPSA) is 39.2 Å². The fraction of sp³-hybridized carbons (Fsp3) is 0.692. The molecule has 1 heterocycles. The van der Waals surface area contributed by atoms with Crippen molar-refractivity contribution in [2.75, 3.05) is 6.61 Å². The van der Waals surface area contributed by atoms with E-state index in [1.54, 1.807) is 11.3 Å². The lowest BCUT2D eigenvalue weighted by Crippen LogP contribution is -2.05. The van der Waals surface area contributed by atoms with Crippen LogP contribution in [0.4, 0.5) is 0 Å². The molecule has 1 fully saturated rings. The quantitative estimate of drug-likeness (QED) is 0.757. The van der Waals surface area contributed by atoms with Gasteiger partial charge in [0.15, 0.2) is 0 Å². The van der Waals surface area contributed by atoms with Gasteiger partial charge in [-0.25, -0.2) is 4.98 Å². The predicted molar refractivity (Wildman–Crippen MR) is 68.2 cm³/mol. The third-order valence-electron chi connectivity index (χ3n) is 3.27. The summed E-state index contributed by atoms with van der Waals surface area (Å²) in [6.45, 7) is 6.83. The fourth-order valence-corrected chi connectivity index (χ4v) is 3.11. The van der Waals surface area contributed by atoms with E-state index >= 15 is 0 Å². The van der Waals surface area contributed by atoms with Gasteiger partial charge in [0.1, 0.15) is 0 Å². The van der Waals surface area contributed by atoms with E-state index in [0.717, 1.165) is 5.69 Å². The number of aryl methyl sites for hydroxylation is 1. The number of aromatic nitrogens is 1. The standard InChI is InChI=1S/C13H19NO2S/c1-4-16-11(15)6-5-9-8-17-12(14-9)10-7-13(10,2)3/h8,10H,4-7H2,1-3H3. The minimum absolute atomic E-state index is 0.131. The van der Waals surface area contributed by atoms with Gasteiger partial charge in [0.25, 0.3) is 0 Å². The monoisotopic (exact) mass is 253 g/mol. The molecule has 1 atom stereocenters. The summed E-state index contributed by atoms with van der Waals surface area (Å²) in [6.07, 6.45) is 2.37. The van der Waals surface area contributed by atoms with Crippen LogP contribution >= 0.6 is 11.3 Å². The summed E-state index contributed by atoms with van der Waals surface area (Å²) < 4.78 is 4.90. The lowest BCUT2D eigenvalue weighted by molar-refractivity contribution is -0.143. The summed E-state index contributed by atoms with van der Waals surface area (Å²) in [5, 5.41) is 3.30. The molecular weight excluding hydrogens is 234 g/mol. The molecule has 1 unspecified atom stereocenters. The Hall–Kier alpha value is -0.900. The average Bonchev–Trinajstić information content (AvgIpc) is 2.73. The molecule has 2 rings (SSSR count). The van der Waals surface area contributed by atoms with E-state index in [2.05, 4.69) is 24.2 Å². The first-order chi connectivity index (χ1) is 8.03. The molecule has 17 heavy (non-hydrogen) atoms. The molecule has 1 saturated carbocycles. The van der Waals surface area contributed by atoms with Crippen LogP contribution in [-0.2, 0) is 16.0 Å². The van der Waals surface area contributed by atoms with E-state index in [9.17, 15) is 4.79 Å². The highest BCUT2D eigenvalue weighted by molar-refractivity contribution is 7.09. The van der Waals surface area contributed by atoms with Crippen LogP contribution in [0.1, 0.15) is 50.2 Å². The van der Waals surface area contributed by atoms with Crippen molar-refractivity contribution in [1.29, 1.82) is 0 Å². The highest BCUT2D eigenvalue weighted by Crippen LogP contribution is 2.59. The molecule has 0 amide bonds. The normalized spacial score (nSPS) is 21.2. The lowest BCUT2D eigenvalue weighted by atomic mass is 10.1. The van der Waals surface area contributed by atoms with E-state index in [-0.39, 0.29) is 5.97 Å². The maximum atomic E-state index is 11.2. The Bertz CT molecular complexity index is 411. The van der Waals surface area contributed by atoms with Gasteiger partial charge in [-0.2, -0.15) is 0 Å². The van der Waals surface area contributed by atoms with Gasteiger partial charge in [-0.3, -0.25) is 4.79 Å². The number of hydrogen-bond donors (Lipinski definition) is 0. The number of rotatable bonds is 5. The van der Waals surface area contributed by atoms with Crippen molar-refractivity contribution in [2.45, 2.75) is 46.0 Å². The Morgan fingerprint density at radius 3 is 2.94 bits per heavy atom. The Kier molecular flexibility index (Phi) is 3.52. The van der Waals surface area contributed by atoms with Crippen LogP contribution in [0.2, 0.25) is 0 Å². The largest absolute Gasteiger partial charge is 0.466 e. The summed E-state index contributed by atoms with van der Waals surface area (Å²) in [5.74, 6) is 0.498. The zero-order valence-electron chi connectivity index (χ0n) is 10.7. The molecule has 0 N–H and O–H groups in total. The SMILES string of the molecule is CCOC(=O)CCc1csc(C2CC2(C)C)n1. The van der Waals surface area contributed by atoms with E-state index in [0.29, 0.717) is 30.8 Å². The zero-order chi connectivity index (χ0) is 12.5. The van der Waals surface area contributed by atoms with Crippen LogP contribution in [0.25, 0.3) is 0 Å². The van der Waals surface area contributed by atoms with Gasteiger partial charge >= 0.3 is 5.97 Å². The average molecular weight is 253 g/mol. The molecule has 0 bridgehead atoms. The van der Waals surface area contributed by atoms with Crippen molar-refractivity contribution in [1.82, 2.24) is 4.98 Å². The van der Waals surface area contributed by atoms with Gasteiger partial charge in [-0.05, 0) is 18.8 Å². The second-order valence-corrected chi connectivity index (χ2v) is 6.12. The molecule has 1 aromatic rings. The third kappa shape index (κ3) is 3.06. The maximum absolute atomic E-state index is 11.2. The summed E-state index contributed by atoms with van der Waals surface area (Å²) >= 11 is 1.72. The van der Waals surface area contributed by atoms with Gasteiger partial charge in [0.2, 0.25) is 0 Å². The molecular formula is C13H19NO2S. The molecule has 0 radical (unpaired) electrons. The van der Waals surface area contributed by atoms with Crippen molar-refractivity contribution in [2.24, 2.45) is 5.41 Å². The van der Waals surface area contributed by atoms with Crippen LogP contribution in [0, 0.1) is 5.41 Å². The Morgan fingerprint density at radius 1 is 1.65 bits per heavy atom. The maximum Gasteiger partial charge on any atom is 0.306 e. The Morgan fingerprint density at radius 2 is 2.35 bits per heavy atom. The molecule has 0 spiro atoms. The molecule has 1 aliphatic rings. The fourth-order valence-electron chi connectivity index (χ4n) is 1.95. The molecule has 4 heteroatoms. The van der Waals surface area contributed by atoms with Crippen molar-refractivity contribution in [3.63, 3.8) is 0 Å². The molecule has 94 valence electrons. The van der Waals surface area contributed by atoms with Gasteiger partial charge in [-0.15, -0.1) is 11.3 Å². The summed E-state index contributed by atoms with van der Waals surface area (Å²) in [7, 11) is 0. The minimum Gasteiger partial charge on any atom is -0.466 e. The summed E-state index contributed by atoms with van der Waals surface area (Å²) in [6, 6.07) is 0. The van der Waals surface area contributed by atoms with Crippen molar-refractivity contribution >= 4 is 17.3 Å².